The van der Waals surface area contributed by atoms with Crippen LogP contribution in [0.15, 0.2) is 48.8 Å². The second-order valence-electron chi connectivity index (χ2n) is 6.87. The molecular weight excluding hydrogens is 415 g/mol. The van der Waals surface area contributed by atoms with Gasteiger partial charge in [-0.2, -0.15) is 13.2 Å². The van der Waals surface area contributed by atoms with Crippen LogP contribution in [0.4, 0.5) is 13.2 Å². The fourth-order valence-electron chi connectivity index (χ4n) is 3.17. The molecule has 0 fully saturated rings. The summed E-state index contributed by atoms with van der Waals surface area (Å²) in [4.78, 5) is 20.7. The number of alkyl halides is 3. The van der Waals surface area contributed by atoms with Gasteiger partial charge in [-0.3, -0.25) is 4.79 Å². The highest BCUT2D eigenvalue weighted by Crippen LogP contribution is 2.33. The maximum atomic E-state index is 12.8. The minimum absolute atomic E-state index is 0.0623. The minimum Gasteiger partial charge on any atom is -0.481 e. The molecule has 0 radical (unpaired) electrons. The number of nitrogens with zero attached hydrogens (tertiary/aromatic N) is 3. The Hall–Kier alpha value is -3.20. The molecular formula is C21H16F3N3O2S. The van der Waals surface area contributed by atoms with E-state index in [0.29, 0.717) is 28.2 Å². The van der Waals surface area contributed by atoms with Crippen LogP contribution < -0.4 is 0 Å². The van der Waals surface area contributed by atoms with Crippen molar-refractivity contribution in [2.75, 3.05) is 0 Å². The average molecular weight is 431 g/mol. The number of imidazole rings is 1. The van der Waals surface area contributed by atoms with Crippen LogP contribution in [-0.4, -0.2) is 25.6 Å². The van der Waals surface area contributed by atoms with Crippen LogP contribution in [0.2, 0.25) is 0 Å². The topological polar surface area (TPSA) is 68.0 Å². The third-order valence-electron chi connectivity index (χ3n) is 4.71. The fourth-order valence-corrected chi connectivity index (χ4v) is 4.24. The molecule has 30 heavy (non-hydrogen) atoms. The number of benzene rings is 2. The number of fused-ring (bicyclic) bond motifs is 1. The zero-order valence-corrected chi connectivity index (χ0v) is 16.6. The van der Waals surface area contributed by atoms with Crippen LogP contribution in [-0.2, 0) is 23.9 Å². The van der Waals surface area contributed by atoms with Crippen molar-refractivity contribution in [1.82, 2.24) is 14.5 Å². The monoisotopic (exact) mass is 431 g/mol. The first-order valence-electron chi connectivity index (χ1n) is 9.00. The molecule has 0 atom stereocenters. The lowest BCUT2D eigenvalue weighted by Crippen LogP contribution is -2.03. The van der Waals surface area contributed by atoms with Gasteiger partial charge in [0, 0.05) is 10.4 Å². The predicted molar refractivity (Wildman–Crippen MR) is 107 cm³/mol. The number of hydrogen-bond donors (Lipinski definition) is 1. The molecule has 2 heterocycles. The van der Waals surface area contributed by atoms with E-state index in [0.717, 1.165) is 28.2 Å². The summed E-state index contributed by atoms with van der Waals surface area (Å²) in [6.07, 6.45) is -2.74. The molecule has 2 aromatic carbocycles. The SMILES string of the molecule is Cc1nc(-c2ccc(C(F)(F)F)cc2)sc1Cn1cnc2cc(CC(=O)O)ccc21. The molecule has 0 aliphatic carbocycles. The summed E-state index contributed by atoms with van der Waals surface area (Å²) in [6, 6.07) is 10.3. The molecule has 2 aromatic heterocycles. The Kier molecular flexibility index (Phi) is 5.07. The number of hydrogen-bond acceptors (Lipinski definition) is 4. The predicted octanol–water partition coefficient (Wildman–Crippen LogP) is 5.16. The van der Waals surface area contributed by atoms with Crippen LogP contribution in [0, 0.1) is 6.92 Å². The molecule has 5 nitrogen and oxygen atoms in total. The van der Waals surface area contributed by atoms with Crippen molar-refractivity contribution in [2.24, 2.45) is 0 Å². The van der Waals surface area contributed by atoms with Crippen LogP contribution in [0.3, 0.4) is 0 Å². The number of rotatable bonds is 5. The van der Waals surface area contributed by atoms with Crippen molar-refractivity contribution in [3.63, 3.8) is 0 Å². The molecule has 0 bridgehead atoms. The summed E-state index contributed by atoms with van der Waals surface area (Å²) < 4.78 is 40.2. The Bertz CT molecular complexity index is 1230. The highest BCUT2D eigenvalue weighted by molar-refractivity contribution is 7.15. The summed E-state index contributed by atoms with van der Waals surface area (Å²) in [5.74, 6) is -0.898. The van der Waals surface area contributed by atoms with Crippen molar-refractivity contribution in [1.29, 1.82) is 0 Å². The number of aliphatic carboxylic acids is 1. The van der Waals surface area contributed by atoms with Crippen molar-refractivity contribution in [2.45, 2.75) is 26.1 Å². The van der Waals surface area contributed by atoms with Gasteiger partial charge in [0.2, 0.25) is 0 Å². The zero-order valence-electron chi connectivity index (χ0n) is 15.8. The van der Waals surface area contributed by atoms with Crippen LogP contribution in [0.5, 0.6) is 0 Å². The number of halogens is 3. The smallest absolute Gasteiger partial charge is 0.416 e. The first-order chi connectivity index (χ1) is 14.2. The van der Waals surface area contributed by atoms with Gasteiger partial charge in [0.15, 0.2) is 0 Å². The summed E-state index contributed by atoms with van der Waals surface area (Å²) >= 11 is 1.43. The average Bonchev–Trinajstić information content (AvgIpc) is 3.24. The molecule has 0 unspecified atom stereocenters. The normalized spacial score (nSPS) is 11.9. The first-order valence-corrected chi connectivity index (χ1v) is 9.82. The van der Waals surface area contributed by atoms with Crippen molar-refractivity contribution in [3.05, 3.63) is 70.5 Å². The van der Waals surface area contributed by atoms with E-state index >= 15 is 0 Å². The molecule has 4 aromatic rings. The summed E-state index contributed by atoms with van der Waals surface area (Å²) in [7, 11) is 0. The molecule has 0 spiro atoms. The number of carbonyl (C=O) groups is 1. The van der Waals surface area contributed by atoms with Gasteiger partial charge in [0.1, 0.15) is 5.01 Å². The van der Waals surface area contributed by atoms with Gasteiger partial charge in [-0.1, -0.05) is 18.2 Å². The quantitative estimate of drug-likeness (QED) is 0.474. The number of carboxylic acid groups (broad SMARTS) is 1. The number of carboxylic acids is 1. The third-order valence-corrected chi connectivity index (χ3v) is 5.90. The first kappa shape index (κ1) is 20.1. The Morgan fingerprint density at radius 1 is 1.17 bits per heavy atom. The summed E-state index contributed by atoms with van der Waals surface area (Å²) in [6.45, 7) is 2.38. The van der Waals surface area contributed by atoms with Gasteiger partial charge in [-0.25, -0.2) is 9.97 Å². The van der Waals surface area contributed by atoms with Crippen LogP contribution in [0.1, 0.15) is 21.7 Å². The molecule has 154 valence electrons. The third kappa shape index (κ3) is 4.06. The van der Waals surface area contributed by atoms with E-state index in [1.807, 2.05) is 17.6 Å². The van der Waals surface area contributed by atoms with Crippen molar-refractivity contribution in [3.8, 4) is 10.6 Å². The van der Waals surface area contributed by atoms with Crippen molar-refractivity contribution >= 4 is 28.3 Å². The Labute approximate surface area is 173 Å². The van der Waals surface area contributed by atoms with E-state index in [1.165, 1.54) is 23.5 Å². The molecule has 0 saturated heterocycles. The van der Waals surface area contributed by atoms with Gasteiger partial charge in [0.05, 0.1) is 41.6 Å². The van der Waals surface area contributed by atoms with Gasteiger partial charge < -0.3 is 9.67 Å². The van der Waals surface area contributed by atoms with Gasteiger partial charge in [-0.05, 0) is 36.8 Å². The lowest BCUT2D eigenvalue weighted by atomic mass is 10.1. The molecule has 0 aliphatic heterocycles. The van der Waals surface area contributed by atoms with E-state index in [-0.39, 0.29) is 6.42 Å². The highest BCUT2D eigenvalue weighted by atomic mass is 32.1. The van der Waals surface area contributed by atoms with Gasteiger partial charge >= 0.3 is 12.1 Å². The maximum Gasteiger partial charge on any atom is 0.416 e. The lowest BCUT2D eigenvalue weighted by molar-refractivity contribution is -0.138. The number of aromatic nitrogens is 3. The van der Waals surface area contributed by atoms with Crippen molar-refractivity contribution < 1.29 is 23.1 Å². The van der Waals surface area contributed by atoms with Crippen LogP contribution in [0.25, 0.3) is 21.6 Å². The standard InChI is InChI=1S/C21H16F3N3O2S/c1-12-18(30-20(26-12)14-3-5-15(6-4-14)21(22,23)24)10-27-11-25-16-8-13(9-19(28)29)2-7-17(16)27/h2-8,11H,9-10H2,1H3,(H,28,29). The lowest BCUT2D eigenvalue weighted by Gasteiger charge is -2.06. The minimum atomic E-state index is -4.37. The largest absolute Gasteiger partial charge is 0.481 e. The maximum absolute atomic E-state index is 12.8. The van der Waals surface area contributed by atoms with E-state index < -0.39 is 17.7 Å². The van der Waals surface area contributed by atoms with E-state index in [1.54, 1.807) is 18.5 Å². The second-order valence-corrected chi connectivity index (χ2v) is 7.95. The summed E-state index contributed by atoms with van der Waals surface area (Å²) in [5, 5.41) is 9.59. The number of thiazole rings is 1. The molecule has 0 saturated carbocycles. The molecule has 4 rings (SSSR count). The molecule has 9 heteroatoms. The molecule has 0 amide bonds. The second kappa shape index (κ2) is 7.56. The van der Waals surface area contributed by atoms with E-state index in [4.69, 9.17) is 5.11 Å². The number of aryl methyl sites for hydroxylation is 1. The summed E-state index contributed by atoms with van der Waals surface area (Å²) in [5.41, 5.74) is 3.01. The van der Waals surface area contributed by atoms with E-state index in [9.17, 15) is 18.0 Å². The highest BCUT2D eigenvalue weighted by Gasteiger charge is 2.30. The molecule has 0 aliphatic rings. The van der Waals surface area contributed by atoms with E-state index in [2.05, 4.69) is 9.97 Å². The zero-order chi connectivity index (χ0) is 21.5. The van der Waals surface area contributed by atoms with Gasteiger partial charge in [-0.15, -0.1) is 11.3 Å². The van der Waals surface area contributed by atoms with Crippen LogP contribution >= 0.6 is 11.3 Å². The Morgan fingerprint density at radius 2 is 1.90 bits per heavy atom. The molecule has 1 N–H and O–H groups in total. The Morgan fingerprint density at radius 3 is 2.57 bits per heavy atom. The fraction of sp³-hybridized carbons (Fsp3) is 0.190. The Balaban J connectivity index is 1.59. The van der Waals surface area contributed by atoms with Gasteiger partial charge in [0.25, 0.3) is 0 Å².